The van der Waals surface area contributed by atoms with E-state index in [4.69, 9.17) is 14.2 Å². The fourth-order valence-corrected chi connectivity index (χ4v) is 4.20. The Labute approximate surface area is 176 Å². The summed E-state index contributed by atoms with van der Waals surface area (Å²) in [5.74, 6) is 2.45. The molecule has 4 nitrogen and oxygen atoms in total. The number of aromatic nitrogens is 1. The topological polar surface area (TPSA) is 31.6 Å². The zero-order valence-electron chi connectivity index (χ0n) is 17.2. The van der Waals surface area contributed by atoms with Gasteiger partial charge < -0.3 is 14.2 Å². The van der Waals surface area contributed by atoms with Crippen molar-refractivity contribution in [2.45, 2.75) is 19.6 Å². The van der Waals surface area contributed by atoms with Crippen LogP contribution in [0.2, 0.25) is 0 Å². The van der Waals surface area contributed by atoms with E-state index in [-0.39, 0.29) is 0 Å². The molecule has 0 radical (unpaired) electrons. The van der Waals surface area contributed by atoms with Crippen molar-refractivity contribution in [1.29, 1.82) is 0 Å². The number of rotatable bonds is 5. The van der Waals surface area contributed by atoms with Crippen LogP contribution in [-0.2, 0) is 19.6 Å². The van der Waals surface area contributed by atoms with Gasteiger partial charge in [0.1, 0.15) is 12.4 Å². The predicted octanol–water partition coefficient (Wildman–Crippen LogP) is 4.95. The van der Waals surface area contributed by atoms with Crippen molar-refractivity contribution in [2.75, 3.05) is 14.2 Å². The van der Waals surface area contributed by atoms with Gasteiger partial charge in [0, 0.05) is 18.1 Å². The van der Waals surface area contributed by atoms with E-state index in [0.29, 0.717) is 6.61 Å². The molecule has 0 bridgehead atoms. The molecule has 3 aromatic carbocycles. The number of pyridine rings is 1. The van der Waals surface area contributed by atoms with Gasteiger partial charge in [0.15, 0.2) is 24.2 Å². The molecule has 0 N–H and O–H groups in total. The Morgan fingerprint density at radius 3 is 2.57 bits per heavy atom. The van der Waals surface area contributed by atoms with E-state index < -0.39 is 0 Å². The number of hydrogen-bond acceptors (Lipinski definition) is 3. The highest BCUT2D eigenvalue weighted by atomic mass is 16.5. The lowest BCUT2D eigenvalue weighted by Crippen LogP contribution is -2.40. The number of ether oxygens (including phenoxy) is 3. The monoisotopic (exact) mass is 398 g/mol. The van der Waals surface area contributed by atoms with Crippen LogP contribution in [0.15, 0.2) is 72.9 Å². The second-order valence-electron chi connectivity index (χ2n) is 7.50. The summed E-state index contributed by atoms with van der Waals surface area (Å²) in [5.41, 5.74) is 4.96. The van der Waals surface area contributed by atoms with E-state index in [0.717, 1.165) is 41.0 Å². The molecule has 0 aliphatic carbocycles. The molecule has 0 spiro atoms. The van der Waals surface area contributed by atoms with Crippen molar-refractivity contribution in [3.8, 4) is 28.5 Å². The molecular formula is C26H24NO3+. The first-order chi connectivity index (χ1) is 14.8. The molecule has 1 aromatic heterocycles. The van der Waals surface area contributed by atoms with Crippen LogP contribution in [0.25, 0.3) is 22.0 Å². The number of methoxy groups -OCH3 is 2. The molecule has 4 heteroatoms. The summed E-state index contributed by atoms with van der Waals surface area (Å²) in [6.45, 7) is 1.50. The minimum absolute atomic E-state index is 0.581. The quantitative estimate of drug-likeness (QED) is 0.446. The largest absolute Gasteiger partial charge is 0.493 e. The molecule has 0 saturated heterocycles. The lowest BCUT2D eigenvalue weighted by atomic mass is 9.95. The van der Waals surface area contributed by atoms with Gasteiger partial charge in [0.05, 0.1) is 19.6 Å². The highest BCUT2D eigenvalue weighted by Crippen LogP contribution is 2.37. The van der Waals surface area contributed by atoms with Gasteiger partial charge in [-0.05, 0) is 46.8 Å². The van der Waals surface area contributed by atoms with Crippen LogP contribution in [0.5, 0.6) is 17.2 Å². The van der Waals surface area contributed by atoms with Crippen LogP contribution in [0.1, 0.15) is 11.1 Å². The maximum Gasteiger partial charge on any atom is 0.213 e. The van der Waals surface area contributed by atoms with Crippen molar-refractivity contribution in [3.05, 3.63) is 84.1 Å². The summed E-state index contributed by atoms with van der Waals surface area (Å²) in [7, 11) is 3.36. The van der Waals surface area contributed by atoms with Gasteiger partial charge in [0.25, 0.3) is 0 Å². The van der Waals surface area contributed by atoms with Crippen molar-refractivity contribution in [1.82, 2.24) is 0 Å². The first kappa shape index (κ1) is 18.5. The molecule has 4 aromatic rings. The third-order valence-corrected chi connectivity index (χ3v) is 5.73. The standard InChI is InChI=1S/C26H24NO3/c1-28-25-11-8-19-15-24-22-10-9-21(30-17-18-6-4-3-5-7-18)14-20(22)12-13-27(24)16-23(19)26(25)29-2/h3-11,14-16H,12-13,17H2,1-2H3/q+1. The lowest BCUT2D eigenvalue weighted by Gasteiger charge is -2.18. The normalized spacial score (nSPS) is 12.2. The summed E-state index contributed by atoms with van der Waals surface area (Å²) in [6, 6.07) is 23.0. The summed E-state index contributed by atoms with van der Waals surface area (Å²) < 4.78 is 19.4. The van der Waals surface area contributed by atoms with Gasteiger partial charge >= 0.3 is 0 Å². The maximum absolute atomic E-state index is 6.03. The predicted molar refractivity (Wildman–Crippen MR) is 117 cm³/mol. The van der Waals surface area contributed by atoms with E-state index in [1.54, 1.807) is 14.2 Å². The second-order valence-corrected chi connectivity index (χ2v) is 7.50. The highest BCUT2D eigenvalue weighted by Gasteiger charge is 2.25. The Morgan fingerprint density at radius 2 is 1.77 bits per heavy atom. The number of aryl methyl sites for hydroxylation is 2. The molecular weight excluding hydrogens is 374 g/mol. The Balaban J connectivity index is 1.50. The summed E-state index contributed by atoms with van der Waals surface area (Å²) >= 11 is 0. The van der Waals surface area contributed by atoms with Gasteiger partial charge in [-0.3, -0.25) is 0 Å². The molecule has 0 amide bonds. The van der Waals surface area contributed by atoms with Crippen LogP contribution in [0.4, 0.5) is 0 Å². The van der Waals surface area contributed by atoms with Crippen molar-refractivity contribution in [3.63, 3.8) is 0 Å². The Kier molecular flexibility index (Phi) is 4.75. The number of fused-ring (bicyclic) bond motifs is 4. The molecule has 0 atom stereocenters. The summed E-state index contributed by atoms with van der Waals surface area (Å²) in [4.78, 5) is 0. The smallest absolute Gasteiger partial charge is 0.213 e. The van der Waals surface area contributed by atoms with Gasteiger partial charge in [0.2, 0.25) is 5.69 Å². The Morgan fingerprint density at radius 1 is 0.900 bits per heavy atom. The van der Waals surface area contributed by atoms with E-state index >= 15 is 0 Å². The average molecular weight is 398 g/mol. The molecule has 150 valence electrons. The highest BCUT2D eigenvalue weighted by molar-refractivity contribution is 5.91. The second kappa shape index (κ2) is 7.71. The van der Waals surface area contributed by atoms with Crippen LogP contribution < -0.4 is 18.8 Å². The van der Waals surface area contributed by atoms with Crippen LogP contribution in [0.3, 0.4) is 0 Å². The SMILES string of the molecule is COc1ccc2cc3[n+](cc2c1OC)CCc1cc(OCc2ccccc2)ccc1-3. The van der Waals surface area contributed by atoms with Crippen LogP contribution in [0, 0.1) is 0 Å². The molecule has 5 rings (SSSR count). The van der Waals surface area contributed by atoms with Crippen LogP contribution in [-0.4, -0.2) is 14.2 Å². The number of nitrogens with zero attached hydrogens (tertiary/aromatic N) is 1. The molecule has 2 heterocycles. The lowest BCUT2D eigenvalue weighted by molar-refractivity contribution is -0.686. The van der Waals surface area contributed by atoms with Gasteiger partial charge in [-0.15, -0.1) is 0 Å². The molecule has 30 heavy (non-hydrogen) atoms. The minimum Gasteiger partial charge on any atom is -0.493 e. The molecule has 0 saturated carbocycles. The summed E-state index contributed by atoms with van der Waals surface area (Å²) in [6.07, 6.45) is 3.14. The first-order valence-electron chi connectivity index (χ1n) is 10.1. The Bertz CT molecular complexity index is 1220. The average Bonchev–Trinajstić information content (AvgIpc) is 2.81. The molecule has 1 aliphatic heterocycles. The molecule has 0 fully saturated rings. The van der Waals surface area contributed by atoms with Crippen molar-refractivity contribution in [2.24, 2.45) is 0 Å². The fourth-order valence-electron chi connectivity index (χ4n) is 4.20. The van der Waals surface area contributed by atoms with Crippen molar-refractivity contribution >= 4 is 10.8 Å². The van der Waals surface area contributed by atoms with Gasteiger partial charge in [-0.25, -0.2) is 0 Å². The zero-order valence-corrected chi connectivity index (χ0v) is 17.2. The summed E-state index contributed by atoms with van der Waals surface area (Å²) in [5, 5.41) is 2.20. The van der Waals surface area contributed by atoms with Crippen LogP contribution >= 0.6 is 0 Å². The maximum atomic E-state index is 6.03. The molecule has 0 unspecified atom stereocenters. The zero-order chi connectivity index (χ0) is 20.5. The Hall–Kier alpha value is -3.53. The number of benzene rings is 3. The van der Waals surface area contributed by atoms with Crippen molar-refractivity contribution < 1.29 is 18.8 Å². The molecule has 1 aliphatic rings. The van der Waals surface area contributed by atoms with Gasteiger partial charge in [-0.2, -0.15) is 4.57 Å². The van der Waals surface area contributed by atoms with Gasteiger partial charge in [-0.1, -0.05) is 30.3 Å². The van der Waals surface area contributed by atoms with E-state index in [9.17, 15) is 0 Å². The van der Waals surface area contributed by atoms with E-state index in [2.05, 4.69) is 53.2 Å². The fraction of sp³-hybridized carbons (Fsp3) is 0.192. The minimum atomic E-state index is 0.581. The van der Waals surface area contributed by atoms with E-state index in [1.165, 1.54) is 22.4 Å². The first-order valence-corrected chi connectivity index (χ1v) is 10.1. The third-order valence-electron chi connectivity index (χ3n) is 5.73. The number of hydrogen-bond donors (Lipinski definition) is 0. The third kappa shape index (κ3) is 3.24. The van der Waals surface area contributed by atoms with E-state index in [1.807, 2.05) is 24.3 Å².